The van der Waals surface area contributed by atoms with Crippen LogP contribution in [0.4, 0.5) is 27.6 Å². The third-order valence-corrected chi connectivity index (χ3v) is 4.55. The minimum Gasteiger partial charge on any atom is -0.433 e. The van der Waals surface area contributed by atoms with Gasteiger partial charge >= 0.3 is 12.8 Å². The second-order valence-electron chi connectivity index (χ2n) is 4.65. The number of nitrogens with one attached hydrogen (secondary N) is 1. The quantitative estimate of drug-likeness (QED) is 0.735. The van der Waals surface area contributed by atoms with Crippen LogP contribution < -0.4 is 9.46 Å². The van der Waals surface area contributed by atoms with Gasteiger partial charge in [0.15, 0.2) is 0 Å². The van der Waals surface area contributed by atoms with Gasteiger partial charge in [0.05, 0.1) is 21.2 Å². The van der Waals surface area contributed by atoms with Gasteiger partial charge in [-0.2, -0.15) is 22.0 Å². The molecule has 25 heavy (non-hydrogen) atoms. The number of rotatable bonds is 5. The molecule has 0 aliphatic carbocycles. The molecular formula is C14H9ClF5NO3S. The molecule has 0 bridgehead atoms. The van der Waals surface area contributed by atoms with Gasteiger partial charge in [0.25, 0.3) is 10.0 Å². The van der Waals surface area contributed by atoms with Crippen molar-refractivity contribution in [2.75, 3.05) is 4.72 Å². The Kier molecular flexibility index (Phi) is 5.43. The summed E-state index contributed by atoms with van der Waals surface area (Å²) in [6.07, 6.45) is -4.71. The van der Waals surface area contributed by atoms with Crippen molar-refractivity contribution in [2.45, 2.75) is 17.7 Å². The molecule has 2 rings (SSSR count). The van der Waals surface area contributed by atoms with E-state index in [0.717, 1.165) is 36.4 Å². The molecule has 2 aromatic rings. The van der Waals surface area contributed by atoms with Crippen molar-refractivity contribution in [1.29, 1.82) is 0 Å². The van der Waals surface area contributed by atoms with Gasteiger partial charge in [-0.15, -0.1) is 0 Å². The van der Waals surface area contributed by atoms with Crippen LogP contribution in [0.2, 0.25) is 5.02 Å². The van der Waals surface area contributed by atoms with Crippen LogP contribution in [0, 0.1) is 0 Å². The second-order valence-corrected chi connectivity index (χ2v) is 6.74. The summed E-state index contributed by atoms with van der Waals surface area (Å²) in [6, 6.07) is 6.19. The van der Waals surface area contributed by atoms with Crippen molar-refractivity contribution in [3.63, 3.8) is 0 Å². The molecule has 0 saturated heterocycles. The van der Waals surface area contributed by atoms with E-state index in [1.165, 1.54) is 0 Å². The minimum absolute atomic E-state index is 0.135. The number of sulfonamides is 1. The molecule has 0 aliphatic rings. The summed E-state index contributed by atoms with van der Waals surface area (Å²) in [5.74, 6) is -0.376. The lowest BCUT2D eigenvalue weighted by Gasteiger charge is -2.12. The van der Waals surface area contributed by atoms with Crippen molar-refractivity contribution in [2.24, 2.45) is 0 Å². The molecule has 1 N–H and O–H groups in total. The molecule has 0 unspecified atom stereocenters. The fourth-order valence-corrected chi connectivity index (χ4v) is 3.13. The first kappa shape index (κ1) is 19.3. The van der Waals surface area contributed by atoms with E-state index in [4.69, 9.17) is 11.6 Å². The normalized spacial score (nSPS) is 12.3. The molecule has 0 fully saturated rings. The fraction of sp³-hybridized carbons (Fsp3) is 0.143. The third kappa shape index (κ3) is 4.95. The number of hydrogen-bond acceptors (Lipinski definition) is 3. The molecule has 0 amide bonds. The standard InChI is InChI=1S/C14H9ClF5NO3S/c15-11-7-9(4-5-12(11)24-13(16)17)21-25(22,23)10-3-1-2-8(6-10)14(18,19)20/h1-7,13,21H. The van der Waals surface area contributed by atoms with Crippen LogP contribution in [0.1, 0.15) is 5.56 Å². The number of halogens is 6. The van der Waals surface area contributed by atoms with Crippen molar-refractivity contribution in [1.82, 2.24) is 0 Å². The predicted molar refractivity (Wildman–Crippen MR) is 80.3 cm³/mol. The number of benzene rings is 2. The van der Waals surface area contributed by atoms with E-state index in [-0.39, 0.29) is 16.5 Å². The summed E-state index contributed by atoms with van der Waals surface area (Å²) in [6.45, 7) is -3.12. The Bertz CT molecular complexity index is 871. The van der Waals surface area contributed by atoms with Crippen molar-refractivity contribution in [3.05, 3.63) is 53.1 Å². The zero-order chi connectivity index (χ0) is 18.8. The minimum atomic E-state index is -4.71. The maximum atomic E-state index is 12.7. The van der Waals surface area contributed by atoms with Gasteiger partial charge in [-0.25, -0.2) is 8.42 Å². The second kappa shape index (κ2) is 7.04. The van der Waals surface area contributed by atoms with Gasteiger partial charge in [0.1, 0.15) is 5.75 Å². The highest BCUT2D eigenvalue weighted by Gasteiger charge is 2.31. The van der Waals surface area contributed by atoms with Crippen molar-refractivity contribution >= 4 is 27.3 Å². The Morgan fingerprint density at radius 1 is 1.08 bits per heavy atom. The summed E-state index contributed by atoms with van der Waals surface area (Å²) in [5, 5.41) is -0.301. The number of hydrogen-bond donors (Lipinski definition) is 1. The SMILES string of the molecule is O=S(=O)(Nc1ccc(OC(F)F)c(Cl)c1)c1cccc(C(F)(F)F)c1. The van der Waals surface area contributed by atoms with Gasteiger partial charge in [0, 0.05) is 0 Å². The van der Waals surface area contributed by atoms with E-state index in [1.54, 1.807) is 0 Å². The highest BCUT2D eigenvalue weighted by atomic mass is 35.5. The smallest absolute Gasteiger partial charge is 0.416 e. The third-order valence-electron chi connectivity index (χ3n) is 2.87. The zero-order valence-electron chi connectivity index (χ0n) is 12.0. The average molecular weight is 402 g/mol. The fourth-order valence-electron chi connectivity index (χ4n) is 1.81. The lowest BCUT2D eigenvalue weighted by atomic mass is 10.2. The van der Waals surface area contributed by atoms with E-state index in [1.807, 2.05) is 4.72 Å². The summed E-state index contributed by atoms with van der Waals surface area (Å²) in [4.78, 5) is -0.619. The van der Waals surface area contributed by atoms with Gasteiger partial charge in [-0.1, -0.05) is 17.7 Å². The monoisotopic (exact) mass is 401 g/mol. The van der Waals surface area contributed by atoms with Crippen LogP contribution in [0.5, 0.6) is 5.75 Å². The van der Waals surface area contributed by atoms with Crippen molar-refractivity contribution in [3.8, 4) is 5.75 Å². The van der Waals surface area contributed by atoms with E-state index in [9.17, 15) is 30.4 Å². The Morgan fingerprint density at radius 2 is 1.76 bits per heavy atom. The van der Waals surface area contributed by atoms with E-state index >= 15 is 0 Å². The summed E-state index contributed by atoms with van der Waals surface area (Å²) < 4.78 is 92.8. The molecule has 136 valence electrons. The first-order valence-corrected chi connectivity index (χ1v) is 8.29. The highest BCUT2D eigenvalue weighted by molar-refractivity contribution is 7.92. The molecule has 11 heteroatoms. The molecular weight excluding hydrogens is 393 g/mol. The number of anilines is 1. The van der Waals surface area contributed by atoms with E-state index in [2.05, 4.69) is 4.74 Å². The molecule has 0 aliphatic heterocycles. The molecule has 0 aromatic heterocycles. The number of ether oxygens (including phenoxy) is 1. The molecule has 0 atom stereocenters. The lowest BCUT2D eigenvalue weighted by molar-refractivity contribution is -0.137. The molecule has 0 saturated carbocycles. The molecule has 4 nitrogen and oxygen atoms in total. The summed E-state index contributed by atoms with van der Waals surface area (Å²) in [7, 11) is -4.35. The van der Waals surface area contributed by atoms with Crippen LogP contribution in [0.15, 0.2) is 47.4 Å². The van der Waals surface area contributed by atoms with E-state index in [0.29, 0.717) is 6.07 Å². The molecule has 0 spiro atoms. The highest BCUT2D eigenvalue weighted by Crippen LogP contribution is 2.32. The van der Waals surface area contributed by atoms with Crippen LogP contribution in [-0.4, -0.2) is 15.0 Å². The van der Waals surface area contributed by atoms with Crippen LogP contribution in [0.25, 0.3) is 0 Å². The first-order valence-electron chi connectivity index (χ1n) is 6.43. The Balaban J connectivity index is 2.29. The van der Waals surface area contributed by atoms with Gasteiger partial charge in [-0.3, -0.25) is 4.72 Å². The maximum Gasteiger partial charge on any atom is 0.416 e. The Labute approximate surface area is 144 Å². The predicted octanol–water partition coefficient (Wildman–Crippen LogP) is 4.76. The Hall–Kier alpha value is -2.07. The molecule has 0 radical (unpaired) electrons. The topological polar surface area (TPSA) is 55.4 Å². The first-order chi connectivity index (χ1) is 11.5. The van der Waals surface area contributed by atoms with Crippen LogP contribution >= 0.6 is 11.6 Å². The van der Waals surface area contributed by atoms with E-state index < -0.39 is 33.3 Å². The van der Waals surface area contributed by atoms with Gasteiger partial charge in [-0.05, 0) is 36.4 Å². The Morgan fingerprint density at radius 3 is 2.32 bits per heavy atom. The van der Waals surface area contributed by atoms with Crippen molar-refractivity contribution < 1.29 is 35.1 Å². The lowest BCUT2D eigenvalue weighted by Crippen LogP contribution is -2.14. The average Bonchev–Trinajstić information content (AvgIpc) is 2.49. The maximum absolute atomic E-state index is 12.7. The zero-order valence-corrected chi connectivity index (χ0v) is 13.6. The largest absolute Gasteiger partial charge is 0.433 e. The summed E-state index contributed by atoms with van der Waals surface area (Å²) in [5.41, 5.74) is -1.27. The van der Waals surface area contributed by atoms with Crippen LogP contribution in [0.3, 0.4) is 0 Å². The molecule has 2 aromatic carbocycles. The van der Waals surface area contributed by atoms with Gasteiger partial charge in [0.2, 0.25) is 0 Å². The van der Waals surface area contributed by atoms with Crippen LogP contribution in [-0.2, 0) is 16.2 Å². The number of alkyl halides is 5. The van der Waals surface area contributed by atoms with Gasteiger partial charge < -0.3 is 4.74 Å². The summed E-state index contributed by atoms with van der Waals surface area (Å²) >= 11 is 5.69. The molecule has 0 heterocycles.